The van der Waals surface area contributed by atoms with Crippen LogP contribution < -0.4 is 14.2 Å². The number of methoxy groups -OCH3 is 3. The van der Waals surface area contributed by atoms with Crippen LogP contribution in [0.2, 0.25) is 5.15 Å². The summed E-state index contributed by atoms with van der Waals surface area (Å²) >= 11 is 6.58. The third-order valence-corrected chi connectivity index (χ3v) is 6.10. The number of pyridine rings is 1. The third-order valence-electron chi connectivity index (χ3n) is 5.80. The van der Waals surface area contributed by atoms with E-state index in [9.17, 15) is 9.59 Å². The van der Waals surface area contributed by atoms with Gasteiger partial charge in [0.15, 0.2) is 0 Å². The number of carbonyl (C=O) groups is 2. The van der Waals surface area contributed by atoms with Gasteiger partial charge in [-0.05, 0) is 36.4 Å². The highest BCUT2D eigenvalue weighted by Gasteiger charge is 2.35. The number of nitrogens with zero attached hydrogens (tertiary/aromatic N) is 3. The number of rotatable bonds is 8. The first kappa shape index (κ1) is 24.3. The standard InChI is InChI=1S/C25H24ClN3O6/c1-33-15-5-7-19-14(10-15)11-18(25(26)27-19)21-13-20(28-29(21)23(30)8-9-24(31)32)17-6-4-16(34-2)12-22(17)35-3/h4-7,10-12,21H,8-9,13H2,1-3H3,(H,31,32). The lowest BCUT2D eigenvalue weighted by molar-refractivity contribution is -0.141. The van der Waals surface area contributed by atoms with Crippen LogP contribution in [0.3, 0.4) is 0 Å². The molecule has 1 unspecified atom stereocenters. The smallest absolute Gasteiger partial charge is 0.303 e. The zero-order valence-electron chi connectivity index (χ0n) is 19.4. The van der Waals surface area contributed by atoms with E-state index in [1.54, 1.807) is 45.6 Å². The SMILES string of the molecule is COc1ccc(C2=NN(C(=O)CCC(=O)O)C(c3cc4cc(OC)ccc4nc3Cl)C2)c(OC)c1. The number of hydrogen-bond donors (Lipinski definition) is 1. The fourth-order valence-corrected chi connectivity index (χ4v) is 4.29. The second kappa shape index (κ2) is 10.2. The van der Waals surface area contributed by atoms with E-state index < -0.39 is 17.9 Å². The van der Waals surface area contributed by atoms with Gasteiger partial charge in [-0.15, -0.1) is 0 Å². The number of carbonyl (C=O) groups excluding carboxylic acids is 1. The zero-order chi connectivity index (χ0) is 25.1. The molecule has 0 spiro atoms. The van der Waals surface area contributed by atoms with Crippen LogP contribution in [0.1, 0.15) is 36.4 Å². The Labute approximate surface area is 206 Å². The van der Waals surface area contributed by atoms with Gasteiger partial charge in [-0.25, -0.2) is 9.99 Å². The quantitative estimate of drug-likeness (QED) is 0.457. The summed E-state index contributed by atoms with van der Waals surface area (Å²) in [6.45, 7) is 0. The van der Waals surface area contributed by atoms with Crippen LogP contribution in [0, 0.1) is 0 Å². The summed E-state index contributed by atoms with van der Waals surface area (Å²) in [5, 5.41) is 16.0. The van der Waals surface area contributed by atoms with Crippen molar-refractivity contribution in [3.8, 4) is 17.2 Å². The molecule has 1 atom stereocenters. The predicted molar refractivity (Wildman–Crippen MR) is 130 cm³/mol. The van der Waals surface area contributed by atoms with E-state index in [0.29, 0.717) is 46.0 Å². The molecule has 4 rings (SSSR count). The van der Waals surface area contributed by atoms with Gasteiger partial charge in [0.1, 0.15) is 22.4 Å². The maximum Gasteiger partial charge on any atom is 0.303 e. The van der Waals surface area contributed by atoms with Crippen LogP contribution in [0.15, 0.2) is 47.6 Å². The minimum Gasteiger partial charge on any atom is -0.497 e. The van der Waals surface area contributed by atoms with E-state index in [1.807, 2.05) is 18.2 Å². The monoisotopic (exact) mass is 497 g/mol. The number of benzene rings is 2. The number of carboxylic acids is 1. The Hall–Kier alpha value is -3.85. The van der Waals surface area contributed by atoms with Crippen LogP contribution in [-0.2, 0) is 9.59 Å². The van der Waals surface area contributed by atoms with Crippen molar-refractivity contribution in [2.45, 2.75) is 25.3 Å². The number of hydrogen-bond acceptors (Lipinski definition) is 7. The van der Waals surface area contributed by atoms with Crippen molar-refractivity contribution in [2.75, 3.05) is 21.3 Å². The number of amides is 1. The third kappa shape index (κ3) is 5.00. The van der Waals surface area contributed by atoms with Crippen molar-refractivity contribution in [3.63, 3.8) is 0 Å². The Morgan fingerprint density at radius 3 is 2.43 bits per heavy atom. The minimum atomic E-state index is -1.06. The van der Waals surface area contributed by atoms with Crippen LogP contribution >= 0.6 is 11.6 Å². The van der Waals surface area contributed by atoms with Crippen molar-refractivity contribution in [1.29, 1.82) is 0 Å². The molecule has 0 bridgehead atoms. The Kier molecular flexibility index (Phi) is 7.07. The lowest BCUT2D eigenvalue weighted by Crippen LogP contribution is -2.27. The van der Waals surface area contributed by atoms with Crippen molar-refractivity contribution in [2.24, 2.45) is 5.10 Å². The van der Waals surface area contributed by atoms with Gasteiger partial charge < -0.3 is 19.3 Å². The molecule has 3 aromatic rings. The van der Waals surface area contributed by atoms with Crippen molar-refractivity contribution < 1.29 is 28.9 Å². The second-order valence-electron chi connectivity index (χ2n) is 7.89. The Morgan fingerprint density at radius 2 is 1.74 bits per heavy atom. The molecule has 2 heterocycles. The fourth-order valence-electron chi connectivity index (χ4n) is 4.02. The van der Waals surface area contributed by atoms with Crippen molar-refractivity contribution in [3.05, 3.63) is 58.7 Å². The van der Waals surface area contributed by atoms with Gasteiger partial charge in [-0.1, -0.05) is 11.6 Å². The van der Waals surface area contributed by atoms with Gasteiger partial charge >= 0.3 is 5.97 Å². The lowest BCUT2D eigenvalue weighted by atomic mass is 9.97. The highest BCUT2D eigenvalue weighted by Crippen LogP contribution is 2.39. The molecule has 1 aromatic heterocycles. The van der Waals surface area contributed by atoms with Crippen LogP contribution in [-0.4, -0.2) is 54.0 Å². The number of aromatic nitrogens is 1. The summed E-state index contributed by atoms with van der Waals surface area (Å²) in [5.41, 5.74) is 2.57. The number of carboxylic acid groups (broad SMARTS) is 1. The topological polar surface area (TPSA) is 111 Å². The molecule has 1 aliphatic heterocycles. The molecule has 0 aliphatic carbocycles. The van der Waals surface area contributed by atoms with Gasteiger partial charge in [0.05, 0.1) is 45.0 Å². The van der Waals surface area contributed by atoms with Gasteiger partial charge in [-0.3, -0.25) is 9.59 Å². The Bertz CT molecular complexity index is 1330. The molecular weight excluding hydrogens is 474 g/mol. The van der Waals surface area contributed by atoms with Crippen LogP contribution in [0.4, 0.5) is 0 Å². The first-order valence-corrected chi connectivity index (χ1v) is 11.2. The van der Waals surface area contributed by atoms with Gasteiger partial charge in [-0.2, -0.15) is 5.10 Å². The normalized spacial score (nSPS) is 15.1. The number of halogens is 1. The Balaban J connectivity index is 1.78. The van der Waals surface area contributed by atoms with E-state index in [2.05, 4.69) is 10.1 Å². The van der Waals surface area contributed by atoms with E-state index in [4.69, 9.17) is 30.9 Å². The molecule has 1 amide bonds. The van der Waals surface area contributed by atoms with Crippen molar-refractivity contribution in [1.82, 2.24) is 9.99 Å². The summed E-state index contributed by atoms with van der Waals surface area (Å²) < 4.78 is 16.1. The predicted octanol–water partition coefficient (Wildman–Crippen LogP) is 4.46. The van der Waals surface area contributed by atoms with E-state index in [-0.39, 0.29) is 18.0 Å². The highest BCUT2D eigenvalue weighted by molar-refractivity contribution is 6.30. The number of hydrazone groups is 1. The largest absolute Gasteiger partial charge is 0.497 e. The van der Waals surface area contributed by atoms with Crippen molar-refractivity contribution >= 4 is 40.1 Å². The van der Waals surface area contributed by atoms with E-state index >= 15 is 0 Å². The highest BCUT2D eigenvalue weighted by atomic mass is 35.5. The summed E-state index contributed by atoms with van der Waals surface area (Å²) in [6.07, 6.45) is -0.174. The summed E-state index contributed by atoms with van der Waals surface area (Å²) in [4.78, 5) is 28.6. The molecule has 0 saturated heterocycles. The molecule has 1 aliphatic rings. The molecular formula is C25H24ClN3O6. The molecule has 1 N–H and O–H groups in total. The van der Waals surface area contributed by atoms with Gasteiger partial charge in [0.25, 0.3) is 0 Å². The minimum absolute atomic E-state index is 0.200. The molecule has 182 valence electrons. The number of ether oxygens (including phenoxy) is 3. The molecule has 0 radical (unpaired) electrons. The number of fused-ring (bicyclic) bond motifs is 1. The first-order chi connectivity index (χ1) is 16.8. The molecule has 9 nitrogen and oxygen atoms in total. The van der Waals surface area contributed by atoms with Crippen LogP contribution in [0.5, 0.6) is 17.2 Å². The summed E-state index contributed by atoms with van der Waals surface area (Å²) in [7, 11) is 4.68. The average molecular weight is 498 g/mol. The molecule has 35 heavy (non-hydrogen) atoms. The molecule has 2 aromatic carbocycles. The zero-order valence-corrected chi connectivity index (χ0v) is 20.2. The lowest BCUT2D eigenvalue weighted by Gasteiger charge is -2.23. The molecule has 0 fully saturated rings. The summed E-state index contributed by atoms with van der Waals surface area (Å²) in [5.74, 6) is 0.322. The fraction of sp³-hybridized carbons (Fsp3) is 0.280. The maximum atomic E-state index is 13.1. The summed E-state index contributed by atoms with van der Waals surface area (Å²) in [6, 6.07) is 12.0. The average Bonchev–Trinajstić information content (AvgIpc) is 3.31. The maximum absolute atomic E-state index is 13.1. The van der Waals surface area contributed by atoms with Gasteiger partial charge in [0, 0.05) is 35.4 Å². The second-order valence-corrected chi connectivity index (χ2v) is 8.25. The van der Waals surface area contributed by atoms with Gasteiger partial charge in [0.2, 0.25) is 5.91 Å². The number of aliphatic carboxylic acids is 1. The Morgan fingerprint density at radius 1 is 1.03 bits per heavy atom. The molecule has 0 saturated carbocycles. The molecule has 10 heteroatoms. The van der Waals surface area contributed by atoms with E-state index in [0.717, 1.165) is 5.39 Å². The van der Waals surface area contributed by atoms with E-state index in [1.165, 1.54) is 5.01 Å². The van der Waals surface area contributed by atoms with Crippen LogP contribution in [0.25, 0.3) is 10.9 Å². The first-order valence-electron chi connectivity index (χ1n) is 10.8.